The molecule has 3 aromatic rings. The van der Waals surface area contributed by atoms with Crippen molar-refractivity contribution in [2.75, 3.05) is 19.7 Å². The highest BCUT2D eigenvalue weighted by atomic mass is 19.1. The van der Waals surface area contributed by atoms with Crippen LogP contribution in [0, 0.1) is 5.82 Å². The number of morpholine rings is 1. The van der Waals surface area contributed by atoms with E-state index in [1.807, 2.05) is 30.3 Å². The number of carbonyl (C=O) groups excluding carboxylic acids is 1. The molecule has 0 aliphatic carbocycles. The second kappa shape index (κ2) is 7.94. The molecule has 1 amide bonds. The van der Waals surface area contributed by atoms with Crippen molar-refractivity contribution < 1.29 is 13.9 Å². The number of hydrogen-bond acceptors (Lipinski definition) is 3. The monoisotopic (exact) mass is 380 g/mol. The second-order valence-electron chi connectivity index (χ2n) is 6.93. The number of aryl methyl sites for hydroxylation is 1. The van der Waals surface area contributed by atoms with Crippen molar-refractivity contribution in [3.63, 3.8) is 0 Å². The molecule has 1 saturated heterocycles. The van der Waals surface area contributed by atoms with Gasteiger partial charge in [-0.15, -0.1) is 0 Å². The van der Waals surface area contributed by atoms with Crippen LogP contribution in [0.25, 0.3) is 10.9 Å². The molecule has 0 bridgehead atoms. The minimum absolute atomic E-state index is 0.0582. The number of benzene rings is 2. The van der Waals surface area contributed by atoms with E-state index in [-0.39, 0.29) is 23.7 Å². The van der Waals surface area contributed by atoms with Crippen molar-refractivity contribution in [3.8, 4) is 0 Å². The fraction of sp³-hybridized carbons (Fsp3) is 0.273. The number of pyridine rings is 1. The normalized spacial score (nSPS) is 17.0. The van der Waals surface area contributed by atoms with Crippen LogP contribution in [0.2, 0.25) is 0 Å². The number of rotatable bonds is 4. The van der Waals surface area contributed by atoms with Gasteiger partial charge < -0.3 is 14.6 Å². The number of nitrogens with zero attached hydrogens (tertiary/aromatic N) is 1. The lowest BCUT2D eigenvalue weighted by Gasteiger charge is -2.33. The highest BCUT2D eigenvalue weighted by molar-refractivity contribution is 5.79. The van der Waals surface area contributed by atoms with Crippen LogP contribution >= 0.6 is 0 Å². The fourth-order valence-electron chi connectivity index (χ4n) is 3.58. The molecular formula is C22H21FN2O3. The minimum atomic E-state index is -0.469. The molecule has 28 heavy (non-hydrogen) atoms. The zero-order valence-corrected chi connectivity index (χ0v) is 15.4. The van der Waals surface area contributed by atoms with Gasteiger partial charge in [-0.3, -0.25) is 9.59 Å². The molecule has 144 valence electrons. The van der Waals surface area contributed by atoms with Gasteiger partial charge in [0.05, 0.1) is 13.2 Å². The maximum atomic E-state index is 14.0. The minimum Gasteiger partial charge on any atom is -0.370 e. The molecule has 1 atom stereocenters. The Morgan fingerprint density at radius 2 is 1.96 bits per heavy atom. The summed E-state index contributed by atoms with van der Waals surface area (Å²) in [7, 11) is 0. The smallest absolute Gasteiger partial charge is 0.251 e. The van der Waals surface area contributed by atoms with Gasteiger partial charge in [-0.1, -0.05) is 36.4 Å². The lowest BCUT2D eigenvalue weighted by Crippen LogP contribution is -2.42. The third-order valence-corrected chi connectivity index (χ3v) is 5.11. The van der Waals surface area contributed by atoms with E-state index in [0.717, 1.165) is 10.9 Å². The molecule has 1 unspecified atom stereocenters. The number of para-hydroxylation sites is 1. The Hall–Kier alpha value is -2.99. The molecule has 5 nitrogen and oxygen atoms in total. The zero-order chi connectivity index (χ0) is 19.5. The highest BCUT2D eigenvalue weighted by Gasteiger charge is 2.27. The van der Waals surface area contributed by atoms with Gasteiger partial charge in [-0.25, -0.2) is 4.39 Å². The van der Waals surface area contributed by atoms with E-state index in [0.29, 0.717) is 37.2 Å². The summed E-state index contributed by atoms with van der Waals surface area (Å²) in [6, 6.07) is 15.9. The van der Waals surface area contributed by atoms with Gasteiger partial charge in [0.1, 0.15) is 11.9 Å². The molecular weight excluding hydrogens is 359 g/mol. The number of amides is 1. The van der Waals surface area contributed by atoms with Crippen LogP contribution in [-0.4, -0.2) is 35.5 Å². The summed E-state index contributed by atoms with van der Waals surface area (Å²) in [5.74, 6) is -0.387. The molecule has 2 aromatic carbocycles. The van der Waals surface area contributed by atoms with Crippen LogP contribution in [0.1, 0.15) is 23.7 Å². The van der Waals surface area contributed by atoms with Gasteiger partial charge in [0, 0.05) is 29.6 Å². The number of nitrogens with one attached hydrogen (secondary N) is 1. The number of hydrogen-bond donors (Lipinski definition) is 1. The summed E-state index contributed by atoms with van der Waals surface area (Å²) in [4.78, 5) is 29.5. The zero-order valence-electron chi connectivity index (χ0n) is 15.4. The van der Waals surface area contributed by atoms with Gasteiger partial charge in [-0.05, 0) is 30.0 Å². The van der Waals surface area contributed by atoms with E-state index in [1.165, 1.54) is 6.07 Å². The van der Waals surface area contributed by atoms with Crippen LogP contribution in [-0.2, 0) is 16.0 Å². The van der Waals surface area contributed by atoms with E-state index >= 15 is 0 Å². The number of carbonyl (C=O) groups is 1. The van der Waals surface area contributed by atoms with Gasteiger partial charge >= 0.3 is 0 Å². The second-order valence-corrected chi connectivity index (χ2v) is 6.93. The first-order valence-corrected chi connectivity index (χ1v) is 9.36. The van der Waals surface area contributed by atoms with Crippen molar-refractivity contribution in [2.45, 2.75) is 18.9 Å². The van der Waals surface area contributed by atoms with Crippen LogP contribution in [0.3, 0.4) is 0 Å². The topological polar surface area (TPSA) is 62.4 Å². The summed E-state index contributed by atoms with van der Waals surface area (Å²) < 4.78 is 19.7. The van der Waals surface area contributed by atoms with Crippen molar-refractivity contribution in [3.05, 3.63) is 81.9 Å². The Balaban J connectivity index is 1.43. The Morgan fingerprint density at radius 3 is 2.82 bits per heavy atom. The van der Waals surface area contributed by atoms with E-state index < -0.39 is 6.10 Å². The van der Waals surface area contributed by atoms with Crippen molar-refractivity contribution in [1.82, 2.24) is 9.88 Å². The van der Waals surface area contributed by atoms with E-state index in [2.05, 4.69) is 4.98 Å². The lowest BCUT2D eigenvalue weighted by molar-refractivity contribution is -0.139. The van der Waals surface area contributed by atoms with Crippen LogP contribution in [0.5, 0.6) is 0 Å². The molecule has 1 aliphatic rings. The predicted octanol–water partition coefficient (Wildman–Crippen LogP) is 3.20. The van der Waals surface area contributed by atoms with Crippen LogP contribution in [0.4, 0.5) is 4.39 Å². The Bertz CT molecular complexity index is 1060. The summed E-state index contributed by atoms with van der Waals surface area (Å²) in [5.41, 5.74) is 1.66. The lowest BCUT2D eigenvalue weighted by atomic mass is 10.1. The highest BCUT2D eigenvalue weighted by Crippen LogP contribution is 2.25. The predicted molar refractivity (Wildman–Crippen MR) is 105 cm³/mol. The number of halogens is 1. The Kier molecular flexibility index (Phi) is 5.21. The first-order valence-electron chi connectivity index (χ1n) is 9.36. The molecule has 4 rings (SSSR count). The molecule has 0 saturated carbocycles. The third kappa shape index (κ3) is 3.82. The van der Waals surface area contributed by atoms with E-state index in [9.17, 15) is 14.0 Å². The van der Waals surface area contributed by atoms with Crippen LogP contribution in [0.15, 0.2) is 59.4 Å². The average Bonchev–Trinajstić information content (AvgIpc) is 2.72. The summed E-state index contributed by atoms with van der Waals surface area (Å²) >= 11 is 0. The van der Waals surface area contributed by atoms with Gasteiger partial charge in [0.25, 0.3) is 5.56 Å². The SMILES string of the molecule is O=C(CCc1cc2ccccc2[nH]c1=O)N1CCOC(c2ccccc2F)C1. The first-order chi connectivity index (χ1) is 13.6. The third-order valence-electron chi connectivity index (χ3n) is 5.11. The van der Waals surface area contributed by atoms with Crippen molar-refractivity contribution in [2.24, 2.45) is 0 Å². The first kappa shape index (κ1) is 18.4. The average molecular weight is 380 g/mol. The van der Waals surface area contributed by atoms with Gasteiger partial charge in [0.15, 0.2) is 0 Å². The fourth-order valence-corrected chi connectivity index (χ4v) is 3.58. The molecule has 0 spiro atoms. The quantitative estimate of drug-likeness (QED) is 0.756. The summed E-state index contributed by atoms with van der Waals surface area (Å²) in [5, 5.41) is 0.940. The maximum absolute atomic E-state index is 14.0. The van der Waals surface area contributed by atoms with Crippen LogP contribution < -0.4 is 5.56 Å². The van der Waals surface area contributed by atoms with E-state index in [4.69, 9.17) is 4.74 Å². The summed E-state index contributed by atoms with van der Waals surface area (Å²) in [6.45, 7) is 1.15. The number of H-pyrrole nitrogens is 1. The molecule has 1 aliphatic heterocycles. The number of aromatic amines is 1. The standard InChI is InChI=1S/C22H21FN2O3/c23-18-7-3-2-6-17(18)20-14-25(11-12-28-20)21(26)10-9-16-13-15-5-1-4-8-19(15)24-22(16)27/h1-8,13,20H,9-12,14H2,(H,24,27). The number of ether oxygens (including phenoxy) is 1. The Labute approximate surface area is 161 Å². The molecule has 6 heteroatoms. The van der Waals surface area contributed by atoms with Gasteiger partial charge in [-0.2, -0.15) is 0 Å². The number of aromatic nitrogens is 1. The molecule has 1 aromatic heterocycles. The van der Waals surface area contributed by atoms with Crippen molar-refractivity contribution in [1.29, 1.82) is 0 Å². The largest absolute Gasteiger partial charge is 0.370 e. The summed E-state index contributed by atoms with van der Waals surface area (Å²) in [6.07, 6.45) is 0.120. The Morgan fingerprint density at radius 1 is 1.18 bits per heavy atom. The maximum Gasteiger partial charge on any atom is 0.251 e. The van der Waals surface area contributed by atoms with E-state index in [1.54, 1.807) is 23.1 Å². The molecule has 0 radical (unpaired) electrons. The van der Waals surface area contributed by atoms with Gasteiger partial charge in [0.2, 0.25) is 5.91 Å². The molecule has 1 N–H and O–H groups in total. The molecule has 1 fully saturated rings. The molecule has 2 heterocycles. The number of fused-ring (bicyclic) bond motifs is 1. The van der Waals surface area contributed by atoms with Crippen molar-refractivity contribution >= 4 is 16.8 Å².